The third kappa shape index (κ3) is 5.48. The van der Waals surface area contributed by atoms with Crippen molar-refractivity contribution in [3.63, 3.8) is 0 Å². The number of rotatable bonds is 5. The predicted molar refractivity (Wildman–Crippen MR) is 114 cm³/mol. The van der Waals surface area contributed by atoms with Crippen molar-refractivity contribution in [2.45, 2.75) is 36.4 Å². The Balaban J connectivity index is 1.49. The van der Waals surface area contributed by atoms with Crippen LogP contribution < -0.4 is 10.1 Å². The number of amides is 1. The molecule has 2 heterocycles. The van der Waals surface area contributed by atoms with E-state index >= 15 is 0 Å². The number of alkyl halides is 3. The first-order valence-electron chi connectivity index (χ1n) is 10.1. The maximum absolute atomic E-state index is 13.0. The second-order valence-corrected chi connectivity index (χ2v) is 10.0. The number of aromatic nitrogens is 1. The van der Waals surface area contributed by atoms with Gasteiger partial charge in [0.05, 0.1) is 16.2 Å². The Morgan fingerprint density at radius 2 is 1.97 bits per heavy atom. The fourth-order valence-electron chi connectivity index (χ4n) is 3.27. The van der Waals surface area contributed by atoms with E-state index in [4.69, 9.17) is 16.3 Å². The Morgan fingerprint density at radius 3 is 2.61 bits per heavy atom. The van der Waals surface area contributed by atoms with E-state index in [1.807, 2.05) is 0 Å². The van der Waals surface area contributed by atoms with Gasteiger partial charge in [0.15, 0.2) is 0 Å². The van der Waals surface area contributed by atoms with Crippen LogP contribution in [0.5, 0.6) is 5.88 Å². The van der Waals surface area contributed by atoms with Crippen molar-refractivity contribution in [2.75, 3.05) is 13.1 Å². The van der Waals surface area contributed by atoms with Gasteiger partial charge in [-0.2, -0.15) is 17.5 Å². The van der Waals surface area contributed by atoms with Crippen LogP contribution in [-0.4, -0.2) is 42.9 Å². The Bertz CT molecular complexity index is 1210. The number of ether oxygens (including phenoxy) is 1. The molecule has 7 nitrogen and oxygen atoms in total. The number of pyridine rings is 1. The van der Waals surface area contributed by atoms with Gasteiger partial charge in [0.25, 0.3) is 0 Å². The van der Waals surface area contributed by atoms with Gasteiger partial charge in [-0.15, -0.1) is 0 Å². The molecule has 0 bridgehead atoms. The number of carbonyl (C=O) groups is 1. The zero-order chi connectivity index (χ0) is 23.8. The summed E-state index contributed by atoms with van der Waals surface area (Å²) in [5.74, 6) is -0.0627. The Labute approximate surface area is 193 Å². The standard InChI is InChI=1S/C21H19ClF3N3O4S/c22-17-6-7-18(27-19(17)32-20(29)26-15-4-5-15)13-8-10-28(11-9-13)33(30,31)16-3-1-2-14(12-16)21(23,24)25/h1-3,6-8,12,15H,4-5,9-11H2,(H,26,29). The van der Waals surface area contributed by atoms with Crippen LogP contribution in [0, 0.1) is 0 Å². The molecule has 1 aliphatic heterocycles. The molecule has 1 amide bonds. The molecule has 0 saturated heterocycles. The van der Waals surface area contributed by atoms with Crippen molar-refractivity contribution in [1.29, 1.82) is 0 Å². The average molecular weight is 502 g/mol. The Morgan fingerprint density at radius 1 is 1.21 bits per heavy atom. The summed E-state index contributed by atoms with van der Waals surface area (Å²) in [4.78, 5) is 15.7. The summed E-state index contributed by atoms with van der Waals surface area (Å²) in [5, 5.41) is 2.81. The first-order chi connectivity index (χ1) is 15.5. The second-order valence-electron chi connectivity index (χ2n) is 7.66. The highest BCUT2D eigenvalue weighted by molar-refractivity contribution is 7.89. The number of hydrogen-bond acceptors (Lipinski definition) is 5. The first-order valence-corrected chi connectivity index (χ1v) is 11.9. The lowest BCUT2D eigenvalue weighted by molar-refractivity contribution is -0.137. The molecular formula is C21H19ClF3N3O4S. The van der Waals surface area contributed by atoms with Gasteiger partial charge < -0.3 is 10.1 Å². The third-order valence-corrected chi connectivity index (χ3v) is 7.35. The minimum absolute atomic E-state index is 0.0451. The molecule has 1 aliphatic carbocycles. The van der Waals surface area contributed by atoms with Crippen LogP contribution in [0.4, 0.5) is 18.0 Å². The van der Waals surface area contributed by atoms with Gasteiger partial charge >= 0.3 is 12.3 Å². The highest BCUT2D eigenvalue weighted by atomic mass is 35.5. The molecular weight excluding hydrogens is 483 g/mol. The summed E-state index contributed by atoms with van der Waals surface area (Å²) >= 11 is 6.07. The summed E-state index contributed by atoms with van der Waals surface area (Å²) in [7, 11) is -4.12. The van der Waals surface area contributed by atoms with Gasteiger partial charge in [-0.1, -0.05) is 23.7 Å². The van der Waals surface area contributed by atoms with Gasteiger partial charge in [-0.3, -0.25) is 0 Å². The summed E-state index contributed by atoms with van der Waals surface area (Å²) in [6.07, 6.45) is -1.62. The van der Waals surface area contributed by atoms with E-state index in [2.05, 4.69) is 10.3 Å². The molecule has 33 heavy (non-hydrogen) atoms. The molecule has 0 radical (unpaired) electrons. The molecule has 1 fully saturated rings. The molecule has 12 heteroatoms. The maximum Gasteiger partial charge on any atom is 0.416 e. The largest absolute Gasteiger partial charge is 0.416 e. The van der Waals surface area contributed by atoms with Crippen LogP contribution in [0.25, 0.3) is 5.57 Å². The highest BCUT2D eigenvalue weighted by Crippen LogP contribution is 2.33. The number of nitrogens with one attached hydrogen (secondary N) is 1. The average Bonchev–Trinajstić information content (AvgIpc) is 3.59. The van der Waals surface area contributed by atoms with Crippen molar-refractivity contribution < 1.29 is 31.1 Å². The molecule has 4 rings (SSSR count). The quantitative estimate of drug-likeness (QED) is 0.652. The van der Waals surface area contributed by atoms with E-state index < -0.39 is 32.8 Å². The molecule has 1 aromatic heterocycles. The van der Waals surface area contributed by atoms with E-state index in [0.29, 0.717) is 17.3 Å². The molecule has 176 valence electrons. The van der Waals surface area contributed by atoms with Crippen LogP contribution in [-0.2, 0) is 16.2 Å². The van der Waals surface area contributed by atoms with Crippen LogP contribution in [0.15, 0.2) is 47.4 Å². The van der Waals surface area contributed by atoms with Crippen molar-refractivity contribution in [3.8, 4) is 5.88 Å². The van der Waals surface area contributed by atoms with E-state index in [-0.39, 0.29) is 36.5 Å². The zero-order valence-electron chi connectivity index (χ0n) is 17.1. The predicted octanol–water partition coefficient (Wildman–Crippen LogP) is 4.48. The van der Waals surface area contributed by atoms with Crippen molar-refractivity contribution in [2.24, 2.45) is 0 Å². The lowest BCUT2D eigenvalue weighted by Crippen LogP contribution is -2.35. The molecule has 2 aromatic rings. The summed E-state index contributed by atoms with van der Waals surface area (Å²) < 4.78 is 70.9. The zero-order valence-corrected chi connectivity index (χ0v) is 18.7. The van der Waals surface area contributed by atoms with E-state index in [1.54, 1.807) is 12.1 Å². The van der Waals surface area contributed by atoms with Gasteiger partial charge in [0, 0.05) is 19.1 Å². The summed E-state index contributed by atoms with van der Waals surface area (Å²) in [6.45, 7) is 0.00362. The molecule has 1 aromatic carbocycles. The van der Waals surface area contributed by atoms with E-state index in [0.717, 1.165) is 35.3 Å². The van der Waals surface area contributed by atoms with Crippen LogP contribution in [0.3, 0.4) is 0 Å². The molecule has 0 atom stereocenters. The minimum Gasteiger partial charge on any atom is -0.390 e. The number of halogens is 4. The van der Waals surface area contributed by atoms with E-state index in [1.165, 1.54) is 6.07 Å². The maximum atomic E-state index is 13.0. The lowest BCUT2D eigenvalue weighted by Gasteiger charge is -2.26. The van der Waals surface area contributed by atoms with Crippen LogP contribution >= 0.6 is 11.6 Å². The van der Waals surface area contributed by atoms with Crippen LogP contribution in [0.1, 0.15) is 30.5 Å². The third-order valence-electron chi connectivity index (χ3n) is 5.20. The molecule has 0 spiro atoms. The monoisotopic (exact) mass is 501 g/mol. The molecule has 0 unspecified atom stereocenters. The Kier molecular flexibility index (Phi) is 6.39. The summed E-state index contributed by atoms with van der Waals surface area (Å²) in [6, 6.07) is 6.91. The Hall–Kier alpha value is -2.63. The fourth-order valence-corrected chi connectivity index (χ4v) is 4.84. The highest BCUT2D eigenvalue weighted by Gasteiger charge is 2.33. The van der Waals surface area contributed by atoms with Gasteiger partial charge in [-0.05, 0) is 55.2 Å². The number of nitrogens with zero attached hydrogens (tertiary/aromatic N) is 2. The van der Waals surface area contributed by atoms with Gasteiger partial charge in [0.1, 0.15) is 5.02 Å². The lowest BCUT2D eigenvalue weighted by atomic mass is 10.1. The van der Waals surface area contributed by atoms with Crippen molar-refractivity contribution >= 4 is 33.3 Å². The SMILES string of the molecule is O=C(NC1CC1)Oc1nc(C2=CCN(S(=O)(=O)c3cccc(C(F)(F)F)c3)CC2)ccc1Cl. The van der Waals surface area contributed by atoms with Crippen molar-refractivity contribution in [1.82, 2.24) is 14.6 Å². The van der Waals surface area contributed by atoms with Gasteiger partial charge in [0.2, 0.25) is 15.9 Å². The number of carbonyl (C=O) groups excluding carboxylic acids is 1. The fraction of sp³-hybridized carbons (Fsp3) is 0.333. The first kappa shape index (κ1) is 23.5. The molecule has 1 N–H and O–H groups in total. The van der Waals surface area contributed by atoms with E-state index in [9.17, 15) is 26.4 Å². The number of hydrogen-bond donors (Lipinski definition) is 1. The number of benzene rings is 1. The van der Waals surface area contributed by atoms with Crippen molar-refractivity contribution in [3.05, 3.63) is 58.8 Å². The van der Waals surface area contributed by atoms with Gasteiger partial charge in [-0.25, -0.2) is 18.2 Å². The second kappa shape index (κ2) is 8.96. The molecule has 2 aliphatic rings. The number of sulfonamides is 1. The topological polar surface area (TPSA) is 88.6 Å². The minimum atomic E-state index is -4.64. The molecule has 1 saturated carbocycles. The van der Waals surface area contributed by atoms with Crippen LogP contribution in [0.2, 0.25) is 5.02 Å². The normalized spacial score (nSPS) is 17.4. The summed E-state index contributed by atoms with van der Waals surface area (Å²) in [5.41, 5.74) is 0.139. The smallest absolute Gasteiger partial charge is 0.390 e.